The van der Waals surface area contributed by atoms with Gasteiger partial charge in [-0.25, -0.2) is 9.97 Å². The number of nitrogens with zero attached hydrogens (tertiary/aromatic N) is 3. The van der Waals surface area contributed by atoms with Gasteiger partial charge in [0.15, 0.2) is 5.82 Å². The second kappa shape index (κ2) is 6.52. The summed E-state index contributed by atoms with van der Waals surface area (Å²) < 4.78 is 39.1. The van der Waals surface area contributed by atoms with Crippen LogP contribution in [-0.2, 0) is 6.18 Å². The maximum absolute atomic E-state index is 13.0. The van der Waals surface area contributed by atoms with Gasteiger partial charge in [0, 0.05) is 35.9 Å². The minimum Gasteiger partial charge on any atom is -0.398 e. The average molecular weight is 388 g/mol. The molecule has 0 aliphatic carbocycles. The van der Waals surface area contributed by atoms with Gasteiger partial charge in [0.05, 0.1) is 16.6 Å². The molecule has 6 N–H and O–H groups in total. The number of nitrogen functional groups attached to an aromatic ring is 2. The van der Waals surface area contributed by atoms with E-state index in [4.69, 9.17) is 17.2 Å². The van der Waals surface area contributed by atoms with Crippen LogP contribution in [0.25, 0.3) is 22.3 Å². The summed E-state index contributed by atoms with van der Waals surface area (Å²) in [5.74, 6) is 0.866. The van der Waals surface area contributed by atoms with E-state index in [0.717, 1.165) is 30.5 Å². The van der Waals surface area contributed by atoms with Crippen molar-refractivity contribution >= 4 is 28.1 Å². The standard InChI is InChI=1S/C19H19F3N6/c20-19(21,22)10-7-13(24)16(14(25)8-10)17-26-15-4-2-1-3-12(15)18(27-17)28-6-5-11(23)9-28/h1-4,7-8,11H,5-6,9,23-25H2. The number of rotatable bonds is 2. The highest BCUT2D eigenvalue weighted by atomic mass is 19.4. The Hall–Kier alpha value is -3.07. The molecule has 1 atom stereocenters. The van der Waals surface area contributed by atoms with Crippen LogP contribution in [0.4, 0.5) is 30.4 Å². The molecule has 0 saturated carbocycles. The van der Waals surface area contributed by atoms with Gasteiger partial charge in [0.2, 0.25) is 0 Å². The van der Waals surface area contributed by atoms with E-state index in [9.17, 15) is 13.2 Å². The molecule has 3 aromatic rings. The van der Waals surface area contributed by atoms with Crippen LogP contribution in [0.2, 0.25) is 0 Å². The lowest BCUT2D eigenvalue weighted by Crippen LogP contribution is -2.27. The number of para-hydroxylation sites is 1. The number of hydrogen-bond acceptors (Lipinski definition) is 6. The van der Waals surface area contributed by atoms with E-state index in [1.165, 1.54) is 0 Å². The van der Waals surface area contributed by atoms with Crippen LogP contribution in [0, 0.1) is 0 Å². The van der Waals surface area contributed by atoms with Crippen LogP contribution in [-0.4, -0.2) is 29.1 Å². The van der Waals surface area contributed by atoms with E-state index in [2.05, 4.69) is 14.9 Å². The number of aromatic nitrogens is 2. The molecule has 1 aliphatic rings. The van der Waals surface area contributed by atoms with Crippen molar-refractivity contribution in [1.29, 1.82) is 0 Å². The predicted octanol–water partition coefficient (Wildman–Crippen LogP) is 3.02. The summed E-state index contributed by atoms with van der Waals surface area (Å²) >= 11 is 0. The van der Waals surface area contributed by atoms with Gasteiger partial charge in [0.1, 0.15) is 5.82 Å². The Bertz CT molecular complexity index is 1030. The van der Waals surface area contributed by atoms with Gasteiger partial charge in [-0.05, 0) is 30.7 Å². The monoisotopic (exact) mass is 388 g/mol. The third-order valence-electron chi connectivity index (χ3n) is 4.86. The van der Waals surface area contributed by atoms with Gasteiger partial charge in [0.25, 0.3) is 0 Å². The first-order valence-electron chi connectivity index (χ1n) is 8.78. The van der Waals surface area contributed by atoms with Gasteiger partial charge >= 0.3 is 6.18 Å². The van der Waals surface area contributed by atoms with Crippen molar-refractivity contribution in [3.05, 3.63) is 42.0 Å². The number of benzene rings is 2. The molecule has 1 saturated heterocycles. The van der Waals surface area contributed by atoms with Crippen LogP contribution < -0.4 is 22.1 Å². The molecule has 9 heteroatoms. The average Bonchev–Trinajstić information content (AvgIpc) is 3.06. The van der Waals surface area contributed by atoms with Crippen molar-refractivity contribution in [1.82, 2.24) is 9.97 Å². The fourth-order valence-corrected chi connectivity index (χ4v) is 3.50. The zero-order valence-electron chi connectivity index (χ0n) is 14.9. The van der Waals surface area contributed by atoms with Crippen molar-refractivity contribution in [2.24, 2.45) is 5.73 Å². The fraction of sp³-hybridized carbons (Fsp3) is 0.263. The maximum Gasteiger partial charge on any atom is 0.416 e. The van der Waals surface area contributed by atoms with Crippen LogP contribution >= 0.6 is 0 Å². The van der Waals surface area contributed by atoms with Crippen LogP contribution in [0.3, 0.4) is 0 Å². The van der Waals surface area contributed by atoms with Crippen LogP contribution in [0.1, 0.15) is 12.0 Å². The third-order valence-corrected chi connectivity index (χ3v) is 4.86. The second-order valence-corrected chi connectivity index (χ2v) is 6.91. The highest BCUT2D eigenvalue weighted by Gasteiger charge is 2.32. The van der Waals surface area contributed by atoms with E-state index < -0.39 is 11.7 Å². The Labute approximate surface area is 159 Å². The summed E-state index contributed by atoms with van der Waals surface area (Å²) in [6, 6.07) is 9.18. The van der Waals surface area contributed by atoms with Crippen molar-refractivity contribution in [3.8, 4) is 11.4 Å². The first kappa shape index (κ1) is 18.3. The van der Waals surface area contributed by atoms with Crippen molar-refractivity contribution in [2.45, 2.75) is 18.6 Å². The lowest BCUT2D eigenvalue weighted by molar-refractivity contribution is -0.137. The van der Waals surface area contributed by atoms with Gasteiger partial charge < -0.3 is 22.1 Å². The Balaban J connectivity index is 1.91. The summed E-state index contributed by atoms with van der Waals surface area (Å²) in [5, 5.41) is 0.837. The molecule has 0 bridgehead atoms. The SMILES string of the molecule is Nc1cc(C(F)(F)F)cc(N)c1-c1nc(N2CCC(N)C2)c2ccccc2n1. The number of fused-ring (bicyclic) bond motifs is 1. The maximum atomic E-state index is 13.0. The summed E-state index contributed by atoms with van der Waals surface area (Å²) in [6.07, 6.45) is -3.71. The summed E-state index contributed by atoms with van der Waals surface area (Å²) in [5.41, 5.74) is 17.6. The fourth-order valence-electron chi connectivity index (χ4n) is 3.50. The molecule has 4 rings (SSSR count). The molecule has 0 spiro atoms. The van der Waals surface area contributed by atoms with E-state index in [0.29, 0.717) is 17.9 Å². The van der Waals surface area contributed by atoms with Crippen molar-refractivity contribution < 1.29 is 13.2 Å². The van der Waals surface area contributed by atoms with Gasteiger partial charge in [-0.3, -0.25) is 0 Å². The van der Waals surface area contributed by atoms with E-state index >= 15 is 0 Å². The highest BCUT2D eigenvalue weighted by molar-refractivity contribution is 5.93. The van der Waals surface area contributed by atoms with Crippen molar-refractivity contribution in [2.75, 3.05) is 29.5 Å². The molecule has 0 amide bonds. The Morgan fingerprint density at radius 2 is 1.71 bits per heavy atom. The zero-order chi connectivity index (χ0) is 20.1. The molecule has 1 aliphatic heterocycles. The quantitative estimate of drug-likeness (QED) is 0.583. The van der Waals surface area contributed by atoms with E-state index in [1.807, 2.05) is 24.3 Å². The summed E-state index contributed by atoms with van der Waals surface area (Å²) in [6.45, 7) is 1.37. The normalized spacial score (nSPS) is 17.4. The smallest absolute Gasteiger partial charge is 0.398 e. The lowest BCUT2D eigenvalue weighted by Gasteiger charge is -2.20. The molecular formula is C19H19F3N6. The molecular weight excluding hydrogens is 369 g/mol. The Morgan fingerprint density at radius 3 is 2.32 bits per heavy atom. The third kappa shape index (κ3) is 3.18. The van der Waals surface area contributed by atoms with Gasteiger partial charge in [-0.2, -0.15) is 13.2 Å². The number of nitrogens with two attached hydrogens (primary N) is 3. The number of halogens is 3. The first-order chi connectivity index (χ1) is 13.2. The highest BCUT2D eigenvalue weighted by Crippen LogP contribution is 2.39. The molecule has 1 aromatic heterocycles. The minimum atomic E-state index is -4.54. The largest absolute Gasteiger partial charge is 0.416 e. The first-order valence-corrected chi connectivity index (χ1v) is 8.78. The molecule has 1 fully saturated rings. The number of alkyl halides is 3. The molecule has 146 valence electrons. The molecule has 2 aromatic carbocycles. The summed E-state index contributed by atoms with van der Waals surface area (Å²) in [4.78, 5) is 11.2. The Kier molecular flexibility index (Phi) is 4.26. The molecule has 1 unspecified atom stereocenters. The summed E-state index contributed by atoms with van der Waals surface area (Å²) in [7, 11) is 0. The van der Waals surface area contributed by atoms with E-state index in [-0.39, 0.29) is 28.8 Å². The second-order valence-electron chi connectivity index (χ2n) is 6.91. The molecule has 0 radical (unpaired) electrons. The predicted molar refractivity (Wildman–Crippen MR) is 104 cm³/mol. The van der Waals surface area contributed by atoms with Crippen molar-refractivity contribution in [3.63, 3.8) is 0 Å². The number of hydrogen-bond donors (Lipinski definition) is 3. The zero-order valence-corrected chi connectivity index (χ0v) is 14.9. The lowest BCUT2D eigenvalue weighted by atomic mass is 10.0. The molecule has 6 nitrogen and oxygen atoms in total. The molecule has 28 heavy (non-hydrogen) atoms. The van der Waals surface area contributed by atoms with Crippen LogP contribution in [0.5, 0.6) is 0 Å². The van der Waals surface area contributed by atoms with E-state index in [1.54, 1.807) is 0 Å². The van der Waals surface area contributed by atoms with Gasteiger partial charge in [-0.1, -0.05) is 12.1 Å². The number of anilines is 3. The topological polar surface area (TPSA) is 107 Å². The Morgan fingerprint density at radius 1 is 1.04 bits per heavy atom. The molecule has 2 heterocycles. The van der Waals surface area contributed by atoms with Crippen LogP contribution in [0.15, 0.2) is 36.4 Å². The van der Waals surface area contributed by atoms with Gasteiger partial charge in [-0.15, -0.1) is 0 Å². The minimum absolute atomic E-state index is 0.0402.